The molecule has 3 rings (SSSR count). The van der Waals surface area contributed by atoms with Crippen molar-refractivity contribution in [1.29, 1.82) is 0 Å². The third-order valence-corrected chi connectivity index (χ3v) is 4.86. The van der Waals surface area contributed by atoms with Gasteiger partial charge in [0.2, 0.25) is 0 Å². The van der Waals surface area contributed by atoms with Crippen molar-refractivity contribution in [2.75, 3.05) is 26.7 Å². The van der Waals surface area contributed by atoms with Crippen molar-refractivity contribution in [2.24, 2.45) is 16.3 Å². The van der Waals surface area contributed by atoms with Crippen molar-refractivity contribution in [3.05, 3.63) is 35.9 Å². The third-order valence-electron chi connectivity index (χ3n) is 4.86. The van der Waals surface area contributed by atoms with Crippen LogP contribution >= 0.6 is 24.0 Å². The molecule has 1 heterocycles. The number of hydrogen-bond acceptors (Lipinski definition) is 1. The van der Waals surface area contributed by atoms with Gasteiger partial charge in [-0.25, -0.2) is 0 Å². The zero-order chi connectivity index (χ0) is 14.9. The zero-order valence-electron chi connectivity index (χ0n) is 13.9. The molecule has 1 saturated carbocycles. The molecule has 0 bridgehead atoms. The van der Waals surface area contributed by atoms with Crippen molar-refractivity contribution in [3.63, 3.8) is 0 Å². The van der Waals surface area contributed by atoms with Gasteiger partial charge in [-0.05, 0) is 35.7 Å². The van der Waals surface area contributed by atoms with Crippen LogP contribution in [-0.4, -0.2) is 37.5 Å². The van der Waals surface area contributed by atoms with Crippen LogP contribution in [0.15, 0.2) is 35.3 Å². The van der Waals surface area contributed by atoms with Crippen LogP contribution < -0.4 is 5.32 Å². The van der Waals surface area contributed by atoms with Crippen LogP contribution in [0.3, 0.4) is 0 Å². The van der Waals surface area contributed by atoms with Crippen molar-refractivity contribution < 1.29 is 0 Å². The van der Waals surface area contributed by atoms with Crippen LogP contribution in [0.5, 0.6) is 0 Å². The molecule has 0 spiro atoms. The average molecular weight is 413 g/mol. The lowest BCUT2D eigenvalue weighted by molar-refractivity contribution is 0.370. The van der Waals surface area contributed by atoms with E-state index in [4.69, 9.17) is 0 Å². The molecule has 22 heavy (non-hydrogen) atoms. The molecule has 1 aromatic rings. The second-order valence-corrected chi connectivity index (χ2v) is 7.28. The number of likely N-dealkylation sites (tertiary alicyclic amines) is 1. The molecule has 0 amide bonds. The Hall–Kier alpha value is -0.780. The first-order chi connectivity index (χ1) is 10.1. The van der Waals surface area contributed by atoms with Crippen LogP contribution in [0.1, 0.15) is 38.2 Å². The fraction of sp³-hybridized carbons (Fsp3) is 0.611. The van der Waals surface area contributed by atoms with Gasteiger partial charge >= 0.3 is 0 Å². The van der Waals surface area contributed by atoms with E-state index >= 15 is 0 Å². The lowest BCUT2D eigenvalue weighted by Gasteiger charge is -2.23. The van der Waals surface area contributed by atoms with Crippen LogP contribution in [0.2, 0.25) is 0 Å². The fourth-order valence-corrected chi connectivity index (χ4v) is 3.43. The number of nitrogens with one attached hydrogen (secondary N) is 1. The van der Waals surface area contributed by atoms with Gasteiger partial charge in [-0.2, -0.15) is 0 Å². The number of guanidine groups is 1. The average Bonchev–Trinajstić information content (AvgIpc) is 3.17. The molecule has 1 N–H and O–H groups in total. The van der Waals surface area contributed by atoms with E-state index < -0.39 is 0 Å². The second kappa shape index (κ2) is 7.20. The number of hydrogen-bond donors (Lipinski definition) is 1. The van der Waals surface area contributed by atoms with E-state index in [9.17, 15) is 0 Å². The van der Waals surface area contributed by atoms with E-state index in [0.29, 0.717) is 5.41 Å². The van der Waals surface area contributed by atoms with Crippen LogP contribution in [0, 0.1) is 11.3 Å². The van der Waals surface area contributed by atoms with Crippen molar-refractivity contribution in [1.82, 2.24) is 10.2 Å². The molecule has 2 aliphatic rings. The molecule has 1 aliphatic carbocycles. The molecule has 2 fully saturated rings. The molecule has 3 nitrogen and oxygen atoms in total. The summed E-state index contributed by atoms with van der Waals surface area (Å²) in [7, 11) is 1.90. The van der Waals surface area contributed by atoms with Gasteiger partial charge in [-0.3, -0.25) is 4.99 Å². The smallest absolute Gasteiger partial charge is 0.193 e. The number of rotatable bonds is 3. The Morgan fingerprint density at radius 2 is 2.05 bits per heavy atom. The van der Waals surface area contributed by atoms with Gasteiger partial charge in [0.1, 0.15) is 0 Å². The first-order valence-corrected chi connectivity index (χ1v) is 8.09. The highest BCUT2D eigenvalue weighted by Gasteiger charge is 2.38. The van der Waals surface area contributed by atoms with Gasteiger partial charge in [-0.15, -0.1) is 24.0 Å². The largest absolute Gasteiger partial charge is 0.356 e. The highest BCUT2D eigenvalue weighted by molar-refractivity contribution is 14.0. The maximum absolute atomic E-state index is 4.46. The van der Waals surface area contributed by atoms with Crippen molar-refractivity contribution >= 4 is 29.9 Å². The molecule has 1 aliphatic heterocycles. The number of halogens is 1. The van der Waals surface area contributed by atoms with E-state index in [1.54, 1.807) is 0 Å². The molecule has 2 atom stereocenters. The molecule has 4 heteroatoms. The summed E-state index contributed by atoms with van der Waals surface area (Å²) < 4.78 is 0. The summed E-state index contributed by atoms with van der Waals surface area (Å²) in [4.78, 5) is 6.87. The highest BCUT2D eigenvalue weighted by Crippen LogP contribution is 2.46. The van der Waals surface area contributed by atoms with Crippen molar-refractivity contribution in [3.8, 4) is 0 Å². The van der Waals surface area contributed by atoms with Gasteiger partial charge in [0.15, 0.2) is 5.96 Å². The maximum Gasteiger partial charge on any atom is 0.193 e. The second-order valence-electron chi connectivity index (χ2n) is 7.28. The maximum atomic E-state index is 4.46. The topological polar surface area (TPSA) is 27.6 Å². The lowest BCUT2D eigenvalue weighted by atomic mass is 9.93. The summed E-state index contributed by atoms with van der Waals surface area (Å²) in [6.07, 6.45) is 2.56. The predicted octanol–water partition coefficient (Wildman–Crippen LogP) is 3.72. The van der Waals surface area contributed by atoms with Crippen molar-refractivity contribution in [2.45, 2.75) is 32.6 Å². The van der Waals surface area contributed by atoms with Crippen LogP contribution in [-0.2, 0) is 0 Å². The molecular weight excluding hydrogens is 385 g/mol. The monoisotopic (exact) mass is 413 g/mol. The van der Waals surface area contributed by atoms with Gasteiger partial charge in [0.05, 0.1) is 0 Å². The number of aliphatic imine (C=N–C) groups is 1. The predicted molar refractivity (Wildman–Crippen MR) is 104 cm³/mol. The summed E-state index contributed by atoms with van der Waals surface area (Å²) in [6.45, 7) is 7.96. The van der Waals surface area contributed by atoms with E-state index in [1.807, 2.05) is 7.05 Å². The van der Waals surface area contributed by atoms with Gasteiger partial charge in [-0.1, -0.05) is 44.2 Å². The Labute approximate surface area is 151 Å². The van der Waals surface area contributed by atoms with Gasteiger partial charge in [0, 0.05) is 26.7 Å². The summed E-state index contributed by atoms with van der Waals surface area (Å²) >= 11 is 0. The Bertz CT molecular complexity index is 512. The van der Waals surface area contributed by atoms with E-state index in [-0.39, 0.29) is 24.0 Å². The minimum Gasteiger partial charge on any atom is -0.356 e. The van der Waals surface area contributed by atoms with Crippen LogP contribution in [0.4, 0.5) is 0 Å². The van der Waals surface area contributed by atoms with E-state index in [1.165, 1.54) is 18.4 Å². The molecule has 0 radical (unpaired) electrons. The van der Waals surface area contributed by atoms with Gasteiger partial charge < -0.3 is 10.2 Å². The van der Waals surface area contributed by atoms with E-state index in [0.717, 1.165) is 37.4 Å². The van der Waals surface area contributed by atoms with Gasteiger partial charge in [0.25, 0.3) is 0 Å². The standard InChI is InChI=1S/C18H27N3.HI/c1-18(2)9-10-21(13-18)17(19-3)20-12-15-11-16(15)14-7-5-4-6-8-14;/h4-8,15-16H,9-13H2,1-3H3,(H,19,20);1H. The summed E-state index contributed by atoms with van der Waals surface area (Å²) in [5.74, 6) is 2.59. The first kappa shape index (κ1) is 17.6. The quantitative estimate of drug-likeness (QED) is 0.465. The summed E-state index contributed by atoms with van der Waals surface area (Å²) in [5.41, 5.74) is 1.91. The Kier molecular flexibility index (Phi) is 5.75. The zero-order valence-corrected chi connectivity index (χ0v) is 16.2. The Balaban J connectivity index is 0.00000176. The molecule has 0 aromatic heterocycles. The number of nitrogens with zero attached hydrogens (tertiary/aromatic N) is 2. The Morgan fingerprint density at radius 1 is 1.32 bits per heavy atom. The molecule has 122 valence electrons. The fourth-order valence-electron chi connectivity index (χ4n) is 3.43. The normalized spacial score (nSPS) is 26.5. The van der Waals surface area contributed by atoms with Crippen LogP contribution in [0.25, 0.3) is 0 Å². The highest BCUT2D eigenvalue weighted by atomic mass is 127. The first-order valence-electron chi connectivity index (χ1n) is 8.09. The minimum atomic E-state index is 0. The summed E-state index contributed by atoms with van der Waals surface area (Å²) in [5, 5.41) is 3.59. The third kappa shape index (κ3) is 4.15. The lowest BCUT2D eigenvalue weighted by Crippen LogP contribution is -2.41. The summed E-state index contributed by atoms with van der Waals surface area (Å²) in [6, 6.07) is 10.9. The van der Waals surface area contributed by atoms with E-state index in [2.05, 4.69) is 59.4 Å². The molecule has 2 unspecified atom stereocenters. The molecular formula is C18H28IN3. The SMILES string of the molecule is CN=C(NCC1CC1c1ccccc1)N1CCC(C)(C)C1.I. The molecule has 1 saturated heterocycles. The molecule has 1 aromatic carbocycles. The Morgan fingerprint density at radius 3 is 2.64 bits per heavy atom. The minimum absolute atomic E-state index is 0. The number of benzene rings is 1.